The van der Waals surface area contributed by atoms with E-state index >= 15 is 0 Å². The smallest absolute Gasteiger partial charge is 0.340 e. The van der Waals surface area contributed by atoms with Crippen LogP contribution in [0, 0.1) is 0 Å². The van der Waals surface area contributed by atoms with Crippen molar-refractivity contribution in [2.45, 2.75) is 6.61 Å². The number of nitrogen functional groups attached to an aromatic ring is 2. The van der Waals surface area contributed by atoms with Crippen LogP contribution in [0.1, 0.15) is 15.9 Å². The summed E-state index contributed by atoms with van der Waals surface area (Å²) in [6.45, 7) is 0.209. The van der Waals surface area contributed by atoms with Gasteiger partial charge in [0.1, 0.15) is 6.61 Å². The maximum absolute atomic E-state index is 12.4. The molecule has 4 aromatic rings. The summed E-state index contributed by atoms with van der Waals surface area (Å²) in [5.74, 6) is 0.0260. The number of carbonyl (C=O) groups excluding carboxylic acids is 1. The Balaban J connectivity index is 1.70. The van der Waals surface area contributed by atoms with Gasteiger partial charge in [0.05, 0.1) is 26.2 Å². The molecule has 0 radical (unpaired) electrons. The van der Waals surface area contributed by atoms with Crippen LogP contribution in [0.4, 0.5) is 11.5 Å². The van der Waals surface area contributed by atoms with Gasteiger partial charge in [0.15, 0.2) is 5.82 Å². The molecule has 0 aliphatic heterocycles. The third-order valence-electron chi connectivity index (χ3n) is 4.12. The Morgan fingerprint density at radius 1 is 1.16 bits per heavy atom. The molecule has 6 nitrogen and oxygen atoms in total. The number of benzene rings is 2. The van der Waals surface area contributed by atoms with Gasteiger partial charge >= 0.3 is 5.97 Å². The van der Waals surface area contributed by atoms with Crippen molar-refractivity contribution < 1.29 is 9.53 Å². The van der Waals surface area contributed by atoms with Crippen molar-refractivity contribution in [3.8, 4) is 0 Å². The zero-order chi connectivity index (χ0) is 17.6. The number of esters is 1. The Morgan fingerprint density at radius 2 is 1.92 bits per heavy atom. The van der Waals surface area contributed by atoms with Crippen molar-refractivity contribution >= 4 is 49.1 Å². The summed E-state index contributed by atoms with van der Waals surface area (Å²) in [6.07, 6.45) is 0. The van der Waals surface area contributed by atoms with Gasteiger partial charge in [-0.2, -0.15) is 5.10 Å². The van der Waals surface area contributed by atoms with E-state index in [1.54, 1.807) is 10.7 Å². The fourth-order valence-corrected chi connectivity index (χ4v) is 4.08. The molecule has 7 heteroatoms. The third-order valence-corrected chi connectivity index (χ3v) is 5.37. The van der Waals surface area contributed by atoms with Crippen molar-refractivity contribution in [1.29, 1.82) is 0 Å². The van der Waals surface area contributed by atoms with E-state index in [0.717, 1.165) is 25.9 Å². The quantitative estimate of drug-likeness (QED) is 0.435. The number of thiophene rings is 1. The van der Waals surface area contributed by atoms with Gasteiger partial charge in [0, 0.05) is 12.4 Å². The fraction of sp³-hybridized carbons (Fsp3) is 0.111. The molecule has 0 saturated carbocycles. The van der Waals surface area contributed by atoms with Crippen LogP contribution in [0.25, 0.3) is 20.3 Å². The predicted octanol–water partition coefficient (Wildman–Crippen LogP) is 3.31. The molecule has 0 fully saturated rings. The zero-order valence-electron chi connectivity index (χ0n) is 13.5. The highest BCUT2D eigenvalue weighted by Crippen LogP contribution is 2.40. The molecule has 0 atom stereocenters. The monoisotopic (exact) mass is 352 g/mol. The lowest BCUT2D eigenvalue weighted by Crippen LogP contribution is -2.08. The second-order valence-corrected chi connectivity index (χ2v) is 6.77. The van der Waals surface area contributed by atoms with Crippen LogP contribution < -0.4 is 11.5 Å². The van der Waals surface area contributed by atoms with Gasteiger partial charge in [0.2, 0.25) is 0 Å². The number of nitrogens with two attached hydrogens (primary N) is 2. The number of carbonyl (C=O) groups is 1. The van der Waals surface area contributed by atoms with E-state index < -0.39 is 5.97 Å². The van der Waals surface area contributed by atoms with Crippen molar-refractivity contribution in [3.63, 3.8) is 0 Å². The molecule has 2 heterocycles. The first-order chi connectivity index (χ1) is 12.1. The SMILES string of the molecule is Cn1nc(N)c2sc3c(N)c(C(=O)OCc4ccccc4)ccc3c21. The van der Waals surface area contributed by atoms with Crippen LogP contribution in [0.5, 0.6) is 0 Å². The number of anilines is 2. The number of nitrogens with zero attached hydrogens (tertiary/aromatic N) is 2. The maximum atomic E-state index is 12.4. The van der Waals surface area contributed by atoms with Crippen LogP contribution in [-0.4, -0.2) is 15.7 Å². The van der Waals surface area contributed by atoms with E-state index in [2.05, 4.69) is 5.10 Å². The summed E-state index contributed by atoms with van der Waals surface area (Å²) < 4.78 is 8.82. The van der Waals surface area contributed by atoms with E-state index in [0.29, 0.717) is 17.1 Å². The van der Waals surface area contributed by atoms with E-state index in [-0.39, 0.29) is 6.61 Å². The van der Waals surface area contributed by atoms with E-state index in [9.17, 15) is 4.79 Å². The van der Waals surface area contributed by atoms with Crippen molar-refractivity contribution in [1.82, 2.24) is 9.78 Å². The fourth-order valence-electron chi connectivity index (χ4n) is 2.90. The lowest BCUT2D eigenvalue weighted by Gasteiger charge is -2.08. The van der Waals surface area contributed by atoms with Gasteiger partial charge in [0.25, 0.3) is 0 Å². The molecule has 25 heavy (non-hydrogen) atoms. The average molecular weight is 352 g/mol. The molecule has 0 spiro atoms. The molecule has 0 saturated heterocycles. The first-order valence-electron chi connectivity index (χ1n) is 7.70. The Morgan fingerprint density at radius 3 is 2.68 bits per heavy atom. The standard InChI is InChI=1S/C18H16N4O2S/c1-22-14-12-8-7-11(13(19)15(12)25-16(14)17(20)21-22)18(23)24-9-10-5-3-2-4-6-10/h2-8H,9,19H2,1H3,(H2,20,21). The number of ether oxygens (including phenoxy) is 1. The molecule has 2 aromatic heterocycles. The minimum Gasteiger partial charge on any atom is -0.457 e. The van der Waals surface area contributed by atoms with Crippen molar-refractivity contribution in [3.05, 3.63) is 53.6 Å². The second kappa shape index (κ2) is 5.78. The minimum absolute atomic E-state index is 0.209. The van der Waals surface area contributed by atoms with Gasteiger partial charge < -0.3 is 16.2 Å². The predicted molar refractivity (Wildman–Crippen MR) is 100 cm³/mol. The number of aryl methyl sites for hydroxylation is 1. The number of fused-ring (bicyclic) bond motifs is 3. The normalized spacial score (nSPS) is 11.2. The number of aromatic nitrogens is 2. The molecule has 0 unspecified atom stereocenters. The van der Waals surface area contributed by atoms with E-state index in [1.807, 2.05) is 43.4 Å². The van der Waals surface area contributed by atoms with Crippen LogP contribution in [-0.2, 0) is 18.4 Å². The molecule has 2 aromatic carbocycles. The summed E-state index contributed by atoms with van der Waals surface area (Å²) in [6, 6.07) is 13.1. The molecule has 126 valence electrons. The first kappa shape index (κ1) is 15.5. The van der Waals surface area contributed by atoms with Gasteiger partial charge in [-0.15, -0.1) is 11.3 Å². The number of hydrogen-bond acceptors (Lipinski definition) is 6. The topological polar surface area (TPSA) is 96.2 Å². The average Bonchev–Trinajstić information content (AvgIpc) is 3.13. The third kappa shape index (κ3) is 2.49. The molecular formula is C18H16N4O2S. The maximum Gasteiger partial charge on any atom is 0.340 e. The summed E-state index contributed by atoms with van der Waals surface area (Å²) in [5, 5.41) is 5.16. The van der Waals surface area contributed by atoms with Crippen LogP contribution >= 0.6 is 11.3 Å². The summed E-state index contributed by atoms with van der Waals surface area (Å²) in [7, 11) is 1.84. The van der Waals surface area contributed by atoms with Gasteiger partial charge in [-0.1, -0.05) is 36.4 Å². The molecule has 0 bridgehead atoms. The Hall–Kier alpha value is -3.06. The van der Waals surface area contributed by atoms with Crippen LogP contribution in [0.3, 0.4) is 0 Å². The Bertz CT molecular complexity index is 1100. The second-order valence-electron chi connectivity index (χ2n) is 5.75. The van der Waals surface area contributed by atoms with Gasteiger partial charge in [-0.3, -0.25) is 4.68 Å². The highest BCUT2D eigenvalue weighted by Gasteiger charge is 2.20. The lowest BCUT2D eigenvalue weighted by molar-refractivity contribution is 0.0474. The Labute approximate surface area is 147 Å². The van der Waals surface area contributed by atoms with Crippen LogP contribution in [0.15, 0.2) is 42.5 Å². The molecule has 0 amide bonds. The van der Waals surface area contributed by atoms with E-state index in [4.69, 9.17) is 16.2 Å². The van der Waals surface area contributed by atoms with Gasteiger partial charge in [-0.25, -0.2) is 4.79 Å². The molecule has 0 aliphatic carbocycles. The molecule has 4 rings (SSSR count). The number of rotatable bonds is 3. The van der Waals surface area contributed by atoms with Crippen molar-refractivity contribution in [2.75, 3.05) is 11.5 Å². The zero-order valence-corrected chi connectivity index (χ0v) is 14.3. The highest BCUT2D eigenvalue weighted by atomic mass is 32.1. The Kier molecular flexibility index (Phi) is 3.58. The number of hydrogen-bond donors (Lipinski definition) is 2. The minimum atomic E-state index is -0.438. The van der Waals surface area contributed by atoms with Crippen LogP contribution in [0.2, 0.25) is 0 Å². The van der Waals surface area contributed by atoms with Crippen molar-refractivity contribution in [2.24, 2.45) is 7.05 Å². The van der Waals surface area contributed by atoms with E-state index in [1.165, 1.54) is 11.3 Å². The molecule has 0 aliphatic rings. The first-order valence-corrected chi connectivity index (χ1v) is 8.52. The highest BCUT2D eigenvalue weighted by molar-refractivity contribution is 7.27. The van der Waals surface area contributed by atoms with Gasteiger partial charge in [-0.05, 0) is 11.6 Å². The molecule has 4 N–H and O–H groups in total. The summed E-state index contributed by atoms with van der Waals surface area (Å²) in [4.78, 5) is 12.4. The molecular weight excluding hydrogens is 336 g/mol. The lowest BCUT2D eigenvalue weighted by atomic mass is 10.1. The largest absolute Gasteiger partial charge is 0.457 e. The summed E-state index contributed by atoms with van der Waals surface area (Å²) >= 11 is 1.44. The summed E-state index contributed by atoms with van der Waals surface area (Å²) in [5.41, 5.74) is 14.8.